The molecular weight excluding hydrogens is 486 g/mol. The second-order valence-electron chi connectivity index (χ2n) is 8.51. The molecule has 2 aromatic heterocycles. The van der Waals surface area contributed by atoms with E-state index in [0.717, 1.165) is 22.8 Å². The fourth-order valence-corrected chi connectivity index (χ4v) is 4.83. The highest BCUT2D eigenvalue weighted by Gasteiger charge is 2.42. The Morgan fingerprint density at radius 1 is 1.00 bits per heavy atom. The lowest BCUT2D eigenvalue weighted by Crippen LogP contribution is -2.37. The summed E-state index contributed by atoms with van der Waals surface area (Å²) in [6.45, 7) is 0.0567. The molecule has 1 aliphatic rings. The molecule has 2 aromatic carbocycles. The summed E-state index contributed by atoms with van der Waals surface area (Å²) in [4.78, 5) is 31.4. The van der Waals surface area contributed by atoms with Gasteiger partial charge in [-0.1, -0.05) is 24.3 Å². The minimum Gasteiger partial charge on any atom is -0.465 e. The monoisotopic (exact) mass is 511 g/mol. The summed E-state index contributed by atoms with van der Waals surface area (Å²) in [5, 5.41) is 6.79. The Morgan fingerprint density at radius 3 is 2.46 bits per heavy atom. The number of nitrogens with one attached hydrogen (secondary N) is 2. The summed E-state index contributed by atoms with van der Waals surface area (Å²) in [7, 11) is 1.36. The molecule has 2 unspecified atom stereocenters. The summed E-state index contributed by atoms with van der Waals surface area (Å²) in [6.07, 6.45) is 3.69. The van der Waals surface area contributed by atoms with Crippen LogP contribution >= 0.6 is 12.2 Å². The maximum Gasteiger partial charge on any atom is 0.337 e. The van der Waals surface area contributed by atoms with Crippen LogP contribution in [0.3, 0.4) is 0 Å². The Labute approximate surface area is 219 Å². The van der Waals surface area contributed by atoms with E-state index in [4.69, 9.17) is 17.0 Å². The van der Waals surface area contributed by atoms with Crippen molar-refractivity contribution in [1.29, 1.82) is 0 Å². The summed E-state index contributed by atoms with van der Waals surface area (Å²) < 4.78 is 6.85. The fraction of sp³-hybridized carbons (Fsp3) is 0.143. The van der Waals surface area contributed by atoms with Gasteiger partial charge in [-0.15, -0.1) is 0 Å². The minimum atomic E-state index is -0.393. The number of amides is 1. The molecule has 1 amide bonds. The zero-order chi connectivity index (χ0) is 25.8. The van der Waals surface area contributed by atoms with Gasteiger partial charge in [0.25, 0.3) is 0 Å². The lowest BCUT2D eigenvalue weighted by atomic mass is 10.0. The van der Waals surface area contributed by atoms with Gasteiger partial charge in [0.2, 0.25) is 5.91 Å². The summed E-state index contributed by atoms with van der Waals surface area (Å²) in [5.74, 6) is -0.571. The molecule has 3 heterocycles. The number of thiocarbonyl (C=S) groups is 1. The van der Waals surface area contributed by atoms with E-state index >= 15 is 0 Å². The molecule has 9 heteroatoms. The molecule has 0 bridgehead atoms. The summed E-state index contributed by atoms with van der Waals surface area (Å²) in [6, 6.07) is 25.6. The maximum absolute atomic E-state index is 13.1. The van der Waals surface area contributed by atoms with Crippen molar-refractivity contribution in [3.05, 3.63) is 114 Å². The van der Waals surface area contributed by atoms with Gasteiger partial charge in [0.15, 0.2) is 5.11 Å². The third-order valence-electron chi connectivity index (χ3n) is 6.22. The van der Waals surface area contributed by atoms with E-state index in [0.29, 0.717) is 10.7 Å². The van der Waals surface area contributed by atoms with Crippen molar-refractivity contribution in [2.24, 2.45) is 0 Å². The Morgan fingerprint density at radius 2 is 1.76 bits per heavy atom. The minimum absolute atomic E-state index is 0.0567. The Balaban J connectivity index is 1.50. The van der Waals surface area contributed by atoms with Crippen molar-refractivity contribution < 1.29 is 14.3 Å². The predicted octanol–water partition coefficient (Wildman–Crippen LogP) is 4.27. The number of para-hydroxylation sites is 1. The number of benzene rings is 2. The van der Waals surface area contributed by atoms with Crippen LogP contribution in [-0.2, 0) is 9.53 Å². The van der Waals surface area contributed by atoms with Crippen molar-refractivity contribution in [2.45, 2.75) is 12.1 Å². The molecule has 37 heavy (non-hydrogen) atoms. The Bertz CT molecular complexity index is 1410. The first-order chi connectivity index (χ1) is 18.0. The van der Waals surface area contributed by atoms with Crippen LogP contribution in [0.4, 0.5) is 5.69 Å². The van der Waals surface area contributed by atoms with E-state index in [9.17, 15) is 9.59 Å². The maximum atomic E-state index is 13.1. The number of carbonyl (C=O) groups excluding carboxylic acids is 2. The standard InChI is InChI=1S/C28H25N5O3S/c1-36-27(35)19-12-14-21(15-13-19)32-17-7-11-23(32)26-25(22-10-5-6-16-29-22)31-28(37)33(26)18-24(34)30-20-8-3-2-4-9-20/h2-17,25-26H,18H2,1H3,(H,30,34)(H,31,37). The normalized spacial score (nSPS) is 16.8. The molecule has 2 N–H and O–H groups in total. The first-order valence-electron chi connectivity index (χ1n) is 11.7. The van der Waals surface area contributed by atoms with Crippen molar-refractivity contribution in [3.8, 4) is 5.69 Å². The Hall–Kier alpha value is -4.50. The topological polar surface area (TPSA) is 88.5 Å². The molecule has 0 aliphatic carbocycles. The third kappa shape index (κ3) is 5.07. The molecule has 2 atom stereocenters. The van der Waals surface area contributed by atoms with Gasteiger partial charge in [-0.2, -0.15) is 0 Å². The van der Waals surface area contributed by atoms with Gasteiger partial charge in [0.05, 0.1) is 30.5 Å². The largest absolute Gasteiger partial charge is 0.465 e. The van der Waals surface area contributed by atoms with Crippen LogP contribution in [0, 0.1) is 0 Å². The average molecular weight is 512 g/mol. The molecule has 1 fully saturated rings. The zero-order valence-corrected chi connectivity index (χ0v) is 20.9. The fourth-order valence-electron chi connectivity index (χ4n) is 4.52. The van der Waals surface area contributed by atoms with Crippen LogP contribution in [0.15, 0.2) is 97.3 Å². The van der Waals surface area contributed by atoms with Gasteiger partial charge in [-0.05, 0) is 72.9 Å². The van der Waals surface area contributed by atoms with Gasteiger partial charge < -0.3 is 24.8 Å². The van der Waals surface area contributed by atoms with E-state index in [1.54, 1.807) is 18.3 Å². The number of anilines is 1. The van der Waals surface area contributed by atoms with Gasteiger partial charge in [-0.3, -0.25) is 9.78 Å². The number of hydrogen-bond acceptors (Lipinski definition) is 5. The quantitative estimate of drug-likeness (QED) is 0.283. The summed E-state index contributed by atoms with van der Waals surface area (Å²) >= 11 is 5.72. The number of esters is 1. The lowest BCUT2D eigenvalue weighted by Gasteiger charge is -2.28. The molecule has 186 valence electrons. The van der Waals surface area contributed by atoms with Gasteiger partial charge in [0.1, 0.15) is 6.54 Å². The average Bonchev–Trinajstić information content (AvgIpc) is 3.54. The van der Waals surface area contributed by atoms with Crippen LogP contribution in [0.25, 0.3) is 5.69 Å². The second kappa shape index (κ2) is 10.6. The van der Waals surface area contributed by atoms with Crippen LogP contribution in [0.5, 0.6) is 0 Å². The molecule has 5 rings (SSSR count). The number of ether oxygens (including phenoxy) is 1. The number of hydrogen-bond donors (Lipinski definition) is 2. The lowest BCUT2D eigenvalue weighted by molar-refractivity contribution is -0.116. The van der Waals surface area contributed by atoms with E-state index < -0.39 is 5.97 Å². The Kier molecular flexibility index (Phi) is 6.96. The van der Waals surface area contributed by atoms with Gasteiger partial charge in [-0.25, -0.2) is 4.79 Å². The molecular formula is C28H25N5O3S. The molecule has 0 saturated carbocycles. The second-order valence-corrected chi connectivity index (χ2v) is 8.90. The SMILES string of the molecule is COC(=O)c1ccc(-n2cccc2C2C(c3ccccn3)NC(=S)N2CC(=O)Nc2ccccc2)cc1. The first kappa shape index (κ1) is 24.2. The predicted molar refractivity (Wildman–Crippen MR) is 144 cm³/mol. The zero-order valence-electron chi connectivity index (χ0n) is 20.1. The smallest absolute Gasteiger partial charge is 0.337 e. The highest BCUT2D eigenvalue weighted by Crippen LogP contribution is 2.39. The van der Waals surface area contributed by atoms with Crippen molar-refractivity contribution in [1.82, 2.24) is 19.8 Å². The van der Waals surface area contributed by atoms with Crippen LogP contribution < -0.4 is 10.6 Å². The molecule has 1 saturated heterocycles. The van der Waals surface area contributed by atoms with Crippen LogP contribution in [0.1, 0.15) is 33.8 Å². The number of pyridine rings is 1. The number of aromatic nitrogens is 2. The number of methoxy groups -OCH3 is 1. The number of carbonyl (C=O) groups is 2. The van der Waals surface area contributed by atoms with Crippen LogP contribution in [-0.4, -0.2) is 45.1 Å². The van der Waals surface area contributed by atoms with Gasteiger partial charge in [0, 0.05) is 29.5 Å². The highest BCUT2D eigenvalue weighted by atomic mass is 32.1. The van der Waals surface area contributed by atoms with Crippen molar-refractivity contribution in [3.63, 3.8) is 0 Å². The first-order valence-corrected chi connectivity index (χ1v) is 12.1. The van der Waals surface area contributed by atoms with E-state index in [1.165, 1.54) is 7.11 Å². The molecule has 0 spiro atoms. The van der Waals surface area contributed by atoms with Gasteiger partial charge >= 0.3 is 5.97 Å². The van der Waals surface area contributed by atoms with E-state index in [2.05, 4.69) is 15.6 Å². The van der Waals surface area contributed by atoms with E-state index in [-0.39, 0.29) is 24.5 Å². The van der Waals surface area contributed by atoms with Crippen molar-refractivity contribution in [2.75, 3.05) is 19.0 Å². The van der Waals surface area contributed by atoms with Crippen molar-refractivity contribution >= 4 is 34.9 Å². The molecule has 8 nitrogen and oxygen atoms in total. The highest BCUT2D eigenvalue weighted by molar-refractivity contribution is 7.80. The number of nitrogens with zero attached hydrogens (tertiary/aromatic N) is 3. The van der Waals surface area contributed by atoms with E-state index in [1.807, 2.05) is 88.5 Å². The number of rotatable bonds is 7. The molecule has 1 aliphatic heterocycles. The molecule has 0 radical (unpaired) electrons. The van der Waals surface area contributed by atoms with Crippen LogP contribution in [0.2, 0.25) is 0 Å². The third-order valence-corrected chi connectivity index (χ3v) is 6.57. The summed E-state index contributed by atoms with van der Waals surface area (Å²) in [5.41, 5.74) is 3.78. The molecule has 4 aromatic rings.